The first kappa shape index (κ1) is 25.9. The fraction of sp³-hybridized carbons (Fsp3) is 0.259. The minimum Gasteiger partial charge on any atom is -0.378 e. The van der Waals surface area contributed by atoms with E-state index in [0.29, 0.717) is 36.6 Å². The lowest BCUT2D eigenvalue weighted by atomic mass is 9.88. The standard InChI is InChI=1S/C27H23ClF3N5O2/c28-20-7-3-16(4-8-20)23-22(21-9-12-32-15-33-21)24(35-34-23)17-10-13-36(14-11-17)26(38)25(37)18-1-5-19(6-2-18)27(29,30)31/h1-9,12,15,17,25,37H,10-11,13-14H2,(H,34,35). The molecular formula is C27H23ClF3N5O2. The van der Waals surface area contributed by atoms with Crippen molar-refractivity contribution in [3.8, 4) is 22.5 Å². The van der Waals surface area contributed by atoms with E-state index < -0.39 is 23.8 Å². The number of hydrogen-bond donors (Lipinski definition) is 2. The van der Waals surface area contributed by atoms with E-state index in [9.17, 15) is 23.1 Å². The number of nitrogens with zero attached hydrogens (tertiary/aromatic N) is 4. The zero-order valence-electron chi connectivity index (χ0n) is 20.0. The molecule has 2 aromatic carbocycles. The molecule has 1 fully saturated rings. The summed E-state index contributed by atoms with van der Waals surface area (Å²) in [7, 11) is 0. The Labute approximate surface area is 221 Å². The van der Waals surface area contributed by atoms with Gasteiger partial charge in [-0.05, 0) is 48.7 Å². The van der Waals surface area contributed by atoms with Crippen LogP contribution in [0.2, 0.25) is 5.02 Å². The third kappa shape index (κ3) is 5.27. The lowest BCUT2D eigenvalue weighted by Crippen LogP contribution is -2.40. The minimum atomic E-state index is -4.49. The first-order valence-electron chi connectivity index (χ1n) is 12.0. The van der Waals surface area contributed by atoms with E-state index in [1.165, 1.54) is 6.33 Å². The number of halogens is 4. The SMILES string of the molecule is O=C(C(O)c1ccc(C(F)(F)F)cc1)N1CCC(c2[nH]nc(-c3ccc(Cl)cc3)c2-c2ccncn2)CC1. The molecule has 2 aromatic heterocycles. The molecule has 0 radical (unpaired) electrons. The smallest absolute Gasteiger partial charge is 0.378 e. The quantitative estimate of drug-likeness (QED) is 0.341. The number of aromatic nitrogens is 4. The summed E-state index contributed by atoms with van der Waals surface area (Å²) < 4.78 is 38.5. The van der Waals surface area contributed by atoms with Crippen molar-refractivity contribution in [3.05, 3.63) is 89.0 Å². The molecule has 5 rings (SSSR count). The number of piperidine rings is 1. The lowest BCUT2D eigenvalue weighted by molar-refractivity contribution is -0.141. The van der Waals surface area contributed by atoms with Gasteiger partial charge in [-0.25, -0.2) is 9.97 Å². The van der Waals surface area contributed by atoms with Crippen molar-refractivity contribution < 1.29 is 23.1 Å². The van der Waals surface area contributed by atoms with Gasteiger partial charge in [-0.2, -0.15) is 18.3 Å². The molecule has 1 amide bonds. The zero-order chi connectivity index (χ0) is 26.9. The Hall–Kier alpha value is -3.76. The van der Waals surface area contributed by atoms with Crippen molar-refractivity contribution in [2.75, 3.05) is 13.1 Å². The highest BCUT2D eigenvalue weighted by Gasteiger charge is 2.33. The Kier molecular flexibility index (Phi) is 7.18. The normalized spacial score (nSPS) is 15.4. The number of nitrogens with one attached hydrogen (secondary N) is 1. The molecule has 0 aliphatic carbocycles. The van der Waals surface area contributed by atoms with Crippen LogP contribution in [0.1, 0.15) is 41.7 Å². The molecule has 2 N–H and O–H groups in total. The fourth-order valence-corrected chi connectivity index (χ4v) is 4.85. The highest BCUT2D eigenvalue weighted by Crippen LogP contribution is 2.39. The van der Waals surface area contributed by atoms with E-state index in [-0.39, 0.29) is 11.5 Å². The minimum absolute atomic E-state index is 0.0424. The molecular weight excluding hydrogens is 519 g/mol. The second kappa shape index (κ2) is 10.5. The number of rotatable bonds is 5. The van der Waals surface area contributed by atoms with Gasteiger partial charge in [-0.1, -0.05) is 35.9 Å². The fourth-order valence-electron chi connectivity index (χ4n) is 4.72. The maximum atomic E-state index is 12.9. The Morgan fingerprint density at radius 2 is 1.74 bits per heavy atom. The van der Waals surface area contributed by atoms with Crippen molar-refractivity contribution >= 4 is 17.5 Å². The van der Waals surface area contributed by atoms with E-state index in [0.717, 1.165) is 46.8 Å². The Morgan fingerprint density at radius 3 is 2.34 bits per heavy atom. The van der Waals surface area contributed by atoms with Gasteiger partial charge in [0.1, 0.15) is 12.0 Å². The lowest BCUT2D eigenvalue weighted by Gasteiger charge is -2.33. The average molecular weight is 542 g/mol. The highest BCUT2D eigenvalue weighted by molar-refractivity contribution is 6.30. The summed E-state index contributed by atoms with van der Waals surface area (Å²) in [6, 6.07) is 13.2. The van der Waals surface area contributed by atoms with Crippen molar-refractivity contribution in [3.63, 3.8) is 0 Å². The second-order valence-electron chi connectivity index (χ2n) is 9.08. The summed E-state index contributed by atoms with van der Waals surface area (Å²) in [5.74, 6) is -0.494. The highest BCUT2D eigenvalue weighted by atomic mass is 35.5. The topological polar surface area (TPSA) is 95.0 Å². The first-order chi connectivity index (χ1) is 18.2. The van der Waals surface area contributed by atoms with E-state index in [4.69, 9.17) is 11.6 Å². The number of likely N-dealkylation sites (tertiary alicyclic amines) is 1. The van der Waals surface area contributed by atoms with Crippen LogP contribution in [-0.2, 0) is 11.0 Å². The van der Waals surface area contributed by atoms with Crippen molar-refractivity contribution in [2.24, 2.45) is 0 Å². The second-order valence-corrected chi connectivity index (χ2v) is 9.52. The number of hydrogen-bond acceptors (Lipinski definition) is 5. The number of amides is 1. The van der Waals surface area contributed by atoms with Gasteiger partial charge in [-0.15, -0.1) is 0 Å². The Balaban J connectivity index is 1.33. The molecule has 11 heteroatoms. The summed E-state index contributed by atoms with van der Waals surface area (Å²) in [5.41, 5.74) is 3.35. The third-order valence-corrected chi connectivity index (χ3v) is 7.00. The zero-order valence-corrected chi connectivity index (χ0v) is 20.7. The number of carbonyl (C=O) groups is 1. The first-order valence-corrected chi connectivity index (χ1v) is 12.3. The Morgan fingerprint density at radius 1 is 1.05 bits per heavy atom. The van der Waals surface area contributed by atoms with Crippen LogP contribution >= 0.6 is 11.6 Å². The molecule has 1 aliphatic heterocycles. The third-order valence-electron chi connectivity index (χ3n) is 6.75. The number of aliphatic hydroxyl groups is 1. The molecule has 0 saturated carbocycles. The van der Waals surface area contributed by atoms with Gasteiger partial charge >= 0.3 is 6.18 Å². The number of benzene rings is 2. The summed E-state index contributed by atoms with van der Waals surface area (Å²) in [6.07, 6.45) is -1.68. The van der Waals surface area contributed by atoms with Gasteiger partial charge < -0.3 is 10.0 Å². The maximum absolute atomic E-state index is 12.9. The van der Waals surface area contributed by atoms with Crippen LogP contribution in [0.15, 0.2) is 67.1 Å². The van der Waals surface area contributed by atoms with E-state index in [1.54, 1.807) is 23.2 Å². The average Bonchev–Trinajstić information content (AvgIpc) is 3.38. The van der Waals surface area contributed by atoms with Gasteiger partial charge in [0.05, 0.1) is 11.3 Å². The molecule has 196 valence electrons. The van der Waals surface area contributed by atoms with Crippen LogP contribution in [-0.4, -0.2) is 49.2 Å². The molecule has 1 atom stereocenters. The number of alkyl halides is 3. The van der Waals surface area contributed by atoms with Crippen LogP contribution in [0.3, 0.4) is 0 Å². The van der Waals surface area contributed by atoms with Gasteiger partial charge in [0.25, 0.3) is 5.91 Å². The molecule has 4 aromatic rings. The van der Waals surface area contributed by atoms with Crippen LogP contribution < -0.4 is 0 Å². The number of aliphatic hydroxyl groups excluding tert-OH is 1. The molecule has 7 nitrogen and oxygen atoms in total. The van der Waals surface area contributed by atoms with Crippen LogP contribution in [0, 0.1) is 0 Å². The summed E-state index contributed by atoms with van der Waals surface area (Å²) in [6.45, 7) is 0.749. The van der Waals surface area contributed by atoms with Crippen molar-refractivity contribution in [2.45, 2.75) is 31.0 Å². The van der Waals surface area contributed by atoms with Gasteiger partial charge in [0.15, 0.2) is 6.10 Å². The van der Waals surface area contributed by atoms with E-state index in [2.05, 4.69) is 20.2 Å². The van der Waals surface area contributed by atoms with E-state index in [1.807, 2.05) is 18.2 Å². The predicted octanol–water partition coefficient (Wildman–Crippen LogP) is 5.65. The molecule has 0 spiro atoms. The van der Waals surface area contributed by atoms with Crippen LogP contribution in [0.4, 0.5) is 13.2 Å². The number of H-pyrrole nitrogens is 1. The molecule has 1 unspecified atom stereocenters. The molecule has 38 heavy (non-hydrogen) atoms. The van der Waals surface area contributed by atoms with Crippen molar-refractivity contribution in [1.82, 2.24) is 25.1 Å². The monoisotopic (exact) mass is 541 g/mol. The van der Waals surface area contributed by atoms with Crippen LogP contribution in [0.25, 0.3) is 22.5 Å². The maximum Gasteiger partial charge on any atom is 0.416 e. The molecule has 0 bridgehead atoms. The Bertz CT molecular complexity index is 1400. The number of carbonyl (C=O) groups excluding carboxylic acids is 1. The summed E-state index contributed by atoms with van der Waals surface area (Å²) in [5, 5.41) is 18.9. The molecule has 1 aliphatic rings. The number of aromatic amines is 1. The van der Waals surface area contributed by atoms with Crippen molar-refractivity contribution in [1.29, 1.82) is 0 Å². The molecule has 1 saturated heterocycles. The molecule has 3 heterocycles. The van der Waals surface area contributed by atoms with Gasteiger partial charge in [0.2, 0.25) is 0 Å². The predicted molar refractivity (Wildman–Crippen MR) is 135 cm³/mol. The van der Waals surface area contributed by atoms with Gasteiger partial charge in [-0.3, -0.25) is 9.89 Å². The van der Waals surface area contributed by atoms with E-state index >= 15 is 0 Å². The summed E-state index contributed by atoms with van der Waals surface area (Å²) in [4.78, 5) is 22.9. The summed E-state index contributed by atoms with van der Waals surface area (Å²) >= 11 is 6.06. The van der Waals surface area contributed by atoms with Gasteiger partial charge in [0, 0.05) is 47.0 Å². The largest absolute Gasteiger partial charge is 0.416 e. The van der Waals surface area contributed by atoms with Crippen LogP contribution in [0.5, 0.6) is 0 Å².